The van der Waals surface area contributed by atoms with Gasteiger partial charge in [-0.2, -0.15) is 5.10 Å². The lowest BCUT2D eigenvalue weighted by Gasteiger charge is -2.21. The average Bonchev–Trinajstić information content (AvgIpc) is 2.93. The minimum absolute atomic E-state index is 0.0426. The third-order valence-electron chi connectivity index (χ3n) is 3.92. The summed E-state index contributed by atoms with van der Waals surface area (Å²) < 4.78 is 12.8. The van der Waals surface area contributed by atoms with Crippen LogP contribution in [0.4, 0.5) is 5.82 Å². The zero-order valence-corrected chi connectivity index (χ0v) is 15.1. The van der Waals surface area contributed by atoms with Gasteiger partial charge in [0, 0.05) is 30.8 Å². The molecule has 7 nitrogen and oxygen atoms in total. The summed E-state index contributed by atoms with van der Waals surface area (Å²) in [4.78, 5) is 16.9. The molecule has 2 aromatic heterocycles. The number of rotatable bonds is 5. The highest BCUT2D eigenvalue weighted by atomic mass is 16.5. The van der Waals surface area contributed by atoms with E-state index in [-0.39, 0.29) is 6.10 Å². The van der Waals surface area contributed by atoms with E-state index in [2.05, 4.69) is 29.2 Å². The minimum atomic E-state index is -0.419. The number of carbonyl (C=O) groups is 1. The number of nitrogens with zero attached hydrogens (tertiary/aromatic N) is 3. The summed E-state index contributed by atoms with van der Waals surface area (Å²) in [6.45, 7) is 8.88. The number of hydrogen-bond donors (Lipinski definition) is 1. The van der Waals surface area contributed by atoms with E-state index in [1.54, 1.807) is 17.8 Å². The van der Waals surface area contributed by atoms with Gasteiger partial charge in [0.1, 0.15) is 17.1 Å². The molecular weight excluding hydrogens is 320 g/mol. The molecule has 3 rings (SSSR count). The molecule has 0 aliphatic carbocycles. The van der Waals surface area contributed by atoms with Gasteiger partial charge in [-0.25, -0.2) is 14.5 Å². The maximum absolute atomic E-state index is 12.5. The van der Waals surface area contributed by atoms with E-state index < -0.39 is 5.97 Å². The van der Waals surface area contributed by atoms with Crippen LogP contribution in [0, 0.1) is 0 Å². The number of esters is 1. The molecule has 0 fully saturated rings. The Kier molecular flexibility index (Phi) is 4.92. The molecule has 0 saturated carbocycles. The molecule has 0 bridgehead atoms. The van der Waals surface area contributed by atoms with Crippen LogP contribution in [0.15, 0.2) is 18.3 Å². The molecule has 0 radical (unpaired) electrons. The number of carbonyl (C=O) groups excluding carboxylic acids is 1. The predicted octanol–water partition coefficient (Wildman–Crippen LogP) is 3.11. The second-order valence-corrected chi connectivity index (χ2v) is 6.42. The van der Waals surface area contributed by atoms with Gasteiger partial charge in [-0.05, 0) is 39.8 Å². The zero-order valence-electron chi connectivity index (χ0n) is 15.1. The van der Waals surface area contributed by atoms with Crippen molar-refractivity contribution < 1.29 is 14.3 Å². The predicted molar refractivity (Wildman–Crippen MR) is 94.9 cm³/mol. The van der Waals surface area contributed by atoms with Gasteiger partial charge in [0.25, 0.3) is 0 Å². The molecule has 0 aromatic carbocycles. The van der Waals surface area contributed by atoms with Crippen molar-refractivity contribution in [2.45, 2.75) is 52.8 Å². The molecule has 2 aromatic rings. The fourth-order valence-corrected chi connectivity index (χ4v) is 2.78. The maximum atomic E-state index is 12.5. The maximum Gasteiger partial charge on any atom is 0.345 e. The molecule has 0 spiro atoms. The van der Waals surface area contributed by atoms with Crippen LogP contribution < -0.4 is 10.1 Å². The van der Waals surface area contributed by atoms with Crippen LogP contribution in [0.3, 0.4) is 0 Å². The van der Waals surface area contributed by atoms with Gasteiger partial charge < -0.3 is 14.8 Å². The van der Waals surface area contributed by atoms with Crippen molar-refractivity contribution in [3.63, 3.8) is 0 Å². The third kappa shape index (κ3) is 3.60. The van der Waals surface area contributed by atoms with Crippen LogP contribution in [-0.2, 0) is 11.3 Å². The van der Waals surface area contributed by atoms with Crippen molar-refractivity contribution in [1.82, 2.24) is 14.8 Å². The molecule has 1 aliphatic rings. The lowest BCUT2D eigenvalue weighted by atomic mass is 10.1. The molecule has 0 unspecified atom stereocenters. The van der Waals surface area contributed by atoms with Crippen molar-refractivity contribution in [2.75, 3.05) is 11.9 Å². The monoisotopic (exact) mass is 344 g/mol. The highest BCUT2D eigenvalue weighted by molar-refractivity contribution is 5.98. The number of aromatic nitrogens is 3. The Hall–Kier alpha value is -2.57. The number of nitrogens with one attached hydrogen (secondary N) is 1. The number of fused-ring (bicyclic) bond motifs is 1. The molecular formula is C18H24N4O3. The molecule has 25 heavy (non-hydrogen) atoms. The average molecular weight is 344 g/mol. The first-order chi connectivity index (χ1) is 12.0. The van der Waals surface area contributed by atoms with E-state index in [0.717, 1.165) is 17.8 Å². The van der Waals surface area contributed by atoms with Gasteiger partial charge in [-0.1, -0.05) is 0 Å². The molecule has 0 amide bonds. The number of anilines is 1. The third-order valence-corrected chi connectivity index (χ3v) is 3.92. The fourth-order valence-electron chi connectivity index (χ4n) is 2.78. The first-order valence-electron chi connectivity index (χ1n) is 8.67. The zero-order chi connectivity index (χ0) is 18.0. The molecule has 1 aliphatic heterocycles. The van der Waals surface area contributed by atoms with E-state index in [4.69, 9.17) is 9.47 Å². The highest BCUT2D eigenvalue weighted by Crippen LogP contribution is 2.34. The topological polar surface area (TPSA) is 78.3 Å². The number of aryl methyl sites for hydroxylation is 1. The van der Waals surface area contributed by atoms with E-state index in [1.807, 2.05) is 19.1 Å². The van der Waals surface area contributed by atoms with Crippen molar-refractivity contribution in [3.8, 4) is 17.1 Å². The Morgan fingerprint density at radius 3 is 2.92 bits per heavy atom. The molecule has 1 N–H and O–H groups in total. The van der Waals surface area contributed by atoms with Crippen LogP contribution in [-0.4, -0.2) is 39.5 Å². The van der Waals surface area contributed by atoms with Crippen LogP contribution >= 0.6 is 0 Å². The van der Waals surface area contributed by atoms with Crippen molar-refractivity contribution in [2.24, 2.45) is 0 Å². The van der Waals surface area contributed by atoms with Crippen molar-refractivity contribution >= 4 is 11.8 Å². The van der Waals surface area contributed by atoms with Gasteiger partial charge >= 0.3 is 5.97 Å². The lowest BCUT2D eigenvalue weighted by molar-refractivity contribution is 0.0515. The Bertz CT molecular complexity index is 752. The minimum Gasteiger partial charge on any atom is -0.474 e. The van der Waals surface area contributed by atoms with Crippen LogP contribution in [0.1, 0.15) is 44.5 Å². The first kappa shape index (κ1) is 17.3. The van der Waals surface area contributed by atoms with Crippen LogP contribution in [0.25, 0.3) is 11.3 Å². The molecule has 134 valence electrons. The standard InChI is InChI=1S/C18H24N4O3/c1-5-24-18(23)15-16(21-22-9-8-12(4)25-17(15)22)13-6-7-14(19-10-13)20-11(2)3/h6-7,10-12H,5,8-9H2,1-4H3,(H,19,20)/t12-/m0/s1. The highest BCUT2D eigenvalue weighted by Gasteiger charge is 2.31. The molecule has 7 heteroatoms. The van der Waals surface area contributed by atoms with E-state index in [1.165, 1.54) is 0 Å². The number of hydrogen-bond acceptors (Lipinski definition) is 6. The van der Waals surface area contributed by atoms with Gasteiger partial charge in [0.15, 0.2) is 0 Å². The molecule has 3 heterocycles. The lowest BCUT2D eigenvalue weighted by Crippen LogP contribution is -2.24. The molecule has 1 atom stereocenters. The van der Waals surface area contributed by atoms with E-state index in [9.17, 15) is 4.79 Å². The summed E-state index contributed by atoms with van der Waals surface area (Å²) in [6, 6.07) is 4.08. The SMILES string of the molecule is CCOC(=O)c1c(-c2ccc(NC(C)C)nc2)nn2c1O[C@@H](C)CC2. The molecule has 0 saturated heterocycles. The van der Waals surface area contributed by atoms with Crippen LogP contribution in [0.5, 0.6) is 5.88 Å². The van der Waals surface area contributed by atoms with Gasteiger partial charge in [0.05, 0.1) is 12.7 Å². The summed E-state index contributed by atoms with van der Waals surface area (Å²) in [6.07, 6.45) is 2.61. The van der Waals surface area contributed by atoms with Gasteiger partial charge in [0.2, 0.25) is 5.88 Å². The second-order valence-electron chi connectivity index (χ2n) is 6.42. The summed E-state index contributed by atoms with van der Waals surface area (Å²) in [5.41, 5.74) is 1.68. The normalized spacial score (nSPS) is 16.3. The number of pyridine rings is 1. The van der Waals surface area contributed by atoms with Crippen LogP contribution in [0.2, 0.25) is 0 Å². The summed E-state index contributed by atoms with van der Waals surface area (Å²) in [5, 5.41) is 7.82. The largest absolute Gasteiger partial charge is 0.474 e. The Labute approximate surface area is 147 Å². The first-order valence-corrected chi connectivity index (χ1v) is 8.67. The van der Waals surface area contributed by atoms with E-state index >= 15 is 0 Å². The van der Waals surface area contributed by atoms with Gasteiger partial charge in [-0.15, -0.1) is 0 Å². The van der Waals surface area contributed by atoms with Gasteiger partial charge in [-0.3, -0.25) is 0 Å². The Balaban J connectivity index is 2.01. The number of ether oxygens (including phenoxy) is 2. The summed E-state index contributed by atoms with van der Waals surface area (Å²) >= 11 is 0. The summed E-state index contributed by atoms with van der Waals surface area (Å²) in [5.74, 6) is 0.846. The smallest absolute Gasteiger partial charge is 0.345 e. The Morgan fingerprint density at radius 2 is 2.28 bits per heavy atom. The quantitative estimate of drug-likeness (QED) is 0.840. The van der Waals surface area contributed by atoms with Crippen molar-refractivity contribution in [1.29, 1.82) is 0 Å². The van der Waals surface area contributed by atoms with E-state index in [0.29, 0.717) is 36.3 Å². The summed E-state index contributed by atoms with van der Waals surface area (Å²) in [7, 11) is 0. The Morgan fingerprint density at radius 1 is 1.48 bits per heavy atom. The second kappa shape index (κ2) is 7.13. The van der Waals surface area contributed by atoms with Crippen molar-refractivity contribution in [3.05, 3.63) is 23.9 Å². The fraction of sp³-hybridized carbons (Fsp3) is 0.500.